The summed E-state index contributed by atoms with van der Waals surface area (Å²) in [6, 6.07) is -0.624. The van der Waals surface area contributed by atoms with Crippen LogP contribution in [-0.4, -0.2) is 47.4 Å². The Morgan fingerprint density at radius 2 is 0.773 bits per heavy atom. The molecule has 0 saturated carbocycles. The average Bonchev–Trinajstić information content (AvgIpc) is 3.32. The molecule has 0 aliphatic rings. The molecule has 66 heavy (non-hydrogen) atoms. The quantitative estimate of drug-likeness (QED) is 0.0321. The van der Waals surface area contributed by atoms with Crippen molar-refractivity contribution in [3.63, 3.8) is 0 Å². The number of rotatable bonds is 54. The summed E-state index contributed by atoms with van der Waals surface area (Å²) in [6.45, 7) is 4.84. The standard InChI is InChI=1S/C60H113NO5/c1-3-5-7-9-11-13-14-15-31-34-38-42-46-50-54-60(65)66-55-51-47-43-39-35-32-29-27-25-23-21-19-17-16-18-20-22-24-26-28-30-33-37-41-45-49-53-59(64)61-57(56-62)58(63)52-48-44-40-36-12-10-8-6-4-2/h9,11,14-15,48,52,57-58,62-63H,3-8,10,12-13,16-47,49-51,53-56H2,1-2H3,(H,61,64)/b11-9-,15-14-,52-48+. The molecule has 388 valence electrons. The van der Waals surface area contributed by atoms with Crippen molar-refractivity contribution < 1.29 is 24.5 Å². The maximum absolute atomic E-state index is 12.4. The minimum atomic E-state index is -0.840. The van der Waals surface area contributed by atoms with Gasteiger partial charge in [-0.25, -0.2) is 0 Å². The zero-order chi connectivity index (χ0) is 47.9. The van der Waals surface area contributed by atoms with E-state index in [9.17, 15) is 19.8 Å². The minimum Gasteiger partial charge on any atom is -0.466 e. The Kier molecular flexibility index (Phi) is 54.1. The molecule has 6 heteroatoms. The smallest absolute Gasteiger partial charge is 0.305 e. The van der Waals surface area contributed by atoms with Crippen LogP contribution in [0.3, 0.4) is 0 Å². The number of unbranched alkanes of at least 4 members (excludes halogenated alkanes) is 39. The summed E-state index contributed by atoms with van der Waals surface area (Å²) < 4.78 is 5.47. The van der Waals surface area contributed by atoms with Gasteiger partial charge in [0.25, 0.3) is 0 Å². The molecule has 1 amide bonds. The van der Waals surface area contributed by atoms with Gasteiger partial charge in [-0.15, -0.1) is 0 Å². The van der Waals surface area contributed by atoms with Crippen molar-refractivity contribution >= 4 is 11.9 Å². The fourth-order valence-corrected chi connectivity index (χ4v) is 8.89. The van der Waals surface area contributed by atoms with Crippen LogP contribution in [0.25, 0.3) is 0 Å². The lowest BCUT2D eigenvalue weighted by molar-refractivity contribution is -0.143. The van der Waals surface area contributed by atoms with Gasteiger partial charge in [0, 0.05) is 12.8 Å². The molecule has 2 atom stereocenters. The number of aliphatic hydroxyl groups excluding tert-OH is 2. The second-order valence-electron chi connectivity index (χ2n) is 20.0. The number of carbonyl (C=O) groups excluding carboxylic acids is 2. The van der Waals surface area contributed by atoms with E-state index >= 15 is 0 Å². The first-order chi connectivity index (χ1) is 32.5. The van der Waals surface area contributed by atoms with Crippen molar-refractivity contribution in [3.8, 4) is 0 Å². The van der Waals surface area contributed by atoms with E-state index in [1.165, 1.54) is 231 Å². The van der Waals surface area contributed by atoms with E-state index in [1.54, 1.807) is 6.08 Å². The summed E-state index contributed by atoms with van der Waals surface area (Å²) in [5.74, 6) is -0.0666. The van der Waals surface area contributed by atoms with Gasteiger partial charge >= 0.3 is 5.97 Å². The van der Waals surface area contributed by atoms with Crippen LogP contribution in [0.5, 0.6) is 0 Å². The zero-order valence-corrected chi connectivity index (χ0v) is 44.2. The highest BCUT2D eigenvalue weighted by Gasteiger charge is 2.18. The predicted octanol–water partition coefficient (Wildman–Crippen LogP) is 18.0. The molecule has 0 aromatic carbocycles. The van der Waals surface area contributed by atoms with Crippen molar-refractivity contribution in [2.75, 3.05) is 13.2 Å². The molecule has 0 spiro atoms. The van der Waals surface area contributed by atoms with Gasteiger partial charge in [0.05, 0.1) is 25.4 Å². The molecule has 6 nitrogen and oxygen atoms in total. The molecule has 0 aliphatic heterocycles. The minimum absolute atomic E-state index is 0.00176. The van der Waals surface area contributed by atoms with Crippen molar-refractivity contribution in [2.45, 2.75) is 321 Å². The number of aliphatic hydroxyl groups is 2. The first kappa shape index (κ1) is 64.1. The Morgan fingerprint density at radius 3 is 1.20 bits per heavy atom. The van der Waals surface area contributed by atoms with E-state index in [-0.39, 0.29) is 18.5 Å². The SMILES string of the molecule is CCCC/C=C\C/C=C\CCCCCCCC(=O)OCCCCCCCCCCCCCCCCCCCCCCCCCCCCC(=O)NC(CO)C(O)/C=C/CCCCCCCCC. The van der Waals surface area contributed by atoms with Gasteiger partial charge < -0.3 is 20.3 Å². The molecule has 2 unspecified atom stereocenters. The highest BCUT2D eigenvalue weighted by atomic mass is 16.5. The van der Waals surface area contributed by atoms with Gasteiger partial charge in [-0.05, 0) is 57.8 Å². The van der Waals surface area contributed by atoms with Crippen LogP contribution >= 0.6 is 0 Å². The summed E-state index contributed by atoms with van der Waals surface area (Å²) in [6.07, 6.45) is 69.0. The number of ether oxygens (including phenoxy) is 1. The summed E-state index contributed by atoms with van der Waals surface area (Å²) in [7, 11) is 0. The van der Waals surface area contributed by atoms with Crippen molar-refractivity contribution in [3.05, 3.63) is 36.5 Å². The highest BCUT2D eigenvalue weighted by Crippen LogP contribution is 2.17. The third kappa shape index (κ3) is 51.5. The Labute approximate surface area is 411 Å². The van der Waals surface area contributed by atoms with Crippen LogP contribution in [0, 0.1) is 0 Å². The lowest BCUT2D eigenvalue weighted by Gasteiger charge is -2.20. The Balaban J connectivity index is 3.34. The average molecular weight is 929 g/mol. The molecule has 0 rings (SSSR count). The number of nitrogens with one attached hydrogen (secondary N) is 1. The highest BCUT2D eigenvalue weighted by molar-refractivity contribution is 5.76. The van der Waals surface area contributed by atoms with E-state index in [1.807, 2.05) is 6.08 Å². The van der Waals surface area contributed by atoms with Gasteiger partial charge in [0.2, 0.25) is 5.91 Å². The number of hydrogen-bond donors (Lipinski definition) is 3. The number of hydrogen-bond acceptors (Lipinski definition) is 5. The topological polar surface area (TPSA) is 95.9 Å². The van der Waals surface area contributed by atoms with Crippen LogP contribution in [0.2, 0.25) is 0 Å². The van der Waals surface area contributed by atoms with Gasteiger partial charge in [-0.1, -0.05) is 275 Å². The fourth-order valence-electron chi connectivity index (χ4n) is 8.89. The molecule has 3 N–H and O–H groups in total. The third-order valence-corrected chi connectivity index (χ3v) is 13.4. The monoisotopic (exact) mass is 928 g/mol. The van der Waals surface area contributed by atoms with Crippen molar-refractivity contribution in [1.82, 2.24) is 5.32 Å². The summed E-state index contributed by atoms with van der Waals surface area (Å²) in [5.41, 5.74) is 0. The largest absolute Gasteiger partial charge is 0.466 e. The van der Waals surface area contributed by atoms with E-state index in [4.69, 9.17) is 4.74 Å². The molecule has 0 aromatic rings. The van der Waals surface area contributed by atoms with Gasteiger partial charge in [-0.2, -0.15) is 0 Å². The molecule has 0 radical (unpaired) electrons. The maximum atomic E-state index is 12.4. The normalized spacial score (nSPS) is 12.8. The fraction of sp³-hybridized carbons (Fsp3) is 0.867. The molecule has 0 bridgehead atoms. The second kappa shape index (κ2) is 55.7. The van der Waals surface area contributed by atoms with E-state index < -0.39 is 12.1 Å². The molecule has 0 aliphatic carbocycles. The summed E-state index contributed by atoms with van der Waals surface area (Å²) >= 11 is 0. The van der Waals surface area contributed by atoms with Crippen LogP contribution in [0.4, 0.5) is 0 Å². The number of carbonyl (C=O) groups is 2. The molecule has 0 aromatic heterocycles. The Bertz CT molecular complexity index is 1070. The first-order valence-electron chi connectivity index (χ1n) is 29.3. The maximum Gasteiger partial charge on any atom is 0.305 e. The summed E-state index contributed by atoms with van der Waals surface area (Å²) in [5, 5.41) is 22.9. The van der Waals surface area contributed by atoms with E-state index in [2.05, 4.69) is 43.5 Å². The number of esters is 1. The molecular weight excluding hydrogens is 815 g/mol. The first-order valence-corrected chi connectivity index (χ1v) is 29.3. The summed E-state index contributed by atoms with van der Waals surface area (Å²) in [4.78, 5) is 24.4. The van der Waals surface area contributed by atoms with Crippen LogP contribution in [0.1, 0.15) is 309 Å². The molecule has 0 fully saturated rings. The third-order valence-electron chi connectivity index (χ3n) is 13.4. The lowest BCUT2D eigenvalue weighted by Crippen LogP contribution is -2.45. The number of allylic oxidation sites excluding steroid dienone is 5. The van der Waals surface area contributed by atoms with Crippen LogP contribution < -0.4 is 5.32 Å². The Hall–Kier alpha value is -1.92. The van der Waals surface area contributed by atoms with Crippen LogP contribution in [0.15, 0.2) is 36.5 Å². The van der Waals surface area contributed by atoms with Gasteiger partial charge in [0.1, 0.15) is 0 Å². The zero-order valence-electron chi connectivity index (χ0n) is 44.2. The van der Waals surface area contributed by atoms with Gasteiger partial charge in [0.15, 0.2) is 0 Å². The molecule has 0 heterocycles. The molecule has 0 saturated heterocycles. The molecular formula is C60H113NO5. The predicted molar refractivity (Wildman–Crippen MR) is 287 cm³/mol. The van der Waals surface area contributed by atoms with Crippen molar-refractivity contribution in [2.24, 2.45) is 0 Å². The van der Waals surface area contributed by atoms with E-state index in [0.29, 0.717) is 19.4 Å². The lowest BCUT2D eigenvalue weighted by atomic mass is 10.0. The van der Waals surface area contributed by atoms with E-state index in [0.717, 1.165) is 51.4 Å². The number of amides is 1. The second-order valence-corrected chi connectivity index (χ2v) is 20.0. The Morgan fingerprint density at radius 1 is 0.424 bits per heavy atom. The van der Waals surface area contributed by atoms with Crippen molar-refractivity contribution in [1.29, 1.82) is 0 Å². The van der Waals surface area contributed by atoms with Gasteiger partial charge in [-0.3, -0.25) is 9.59 Å². The van der Waals surface area contributed by atoms with Crippen LogP contribution in [-0.2, 0) is 14.3 Å².